The largest absolute Gasteiger partial charge is 0.494 e. The summed E-state index contributed by atoms with van der Waals surface area (Å²) in [5, 5.41) is 1.24. The van der Waals surface area contributed by atoms with Crippen molar-refractivity contribution in [1.29, 1.82) is 0 Å². The highest BCUT2D eigenvalue weighted by atomic mass is 16.5. The summed E-state index contributed by atoms with van der Waals surface area (Å²) in [5.41, 5.74) is 1.26. The quantitative estimate of drug-likeness (QED) is 0.699. The van der Waals surface area contributed by atoms with Gasteiger partial charge in [-0.25, -0.2) is 0 Å². The van der Waals surface area contributed by atoms with Crippen LogP contribution in [0.5, 0.6) is 5.75 Å². The molecule has 0 saturated heterocycles. The maximum absolute atomic E-state index is 5.64. The molecule has 0 aliphatic heterocycles. The van der Waals surface area contributed by atoms with Crippen LogP contribution in [0.4, 0.5) is 0 Å². The zero-order chi connectivity index (χ0) is 12.8. The van der Waals surface area contributed by atoms with E-state index in [0.717, 1.165) is 38.3 Å². The Morgan fingerprint density at radius 1 is 1.17 bits per heavy atom. The second-order valence-corrected chi connectivity index (χ2v) is 4.42. The van der Waals surface area contributed by atoms with Gasteiger partial charge in [-0.15, -0.1) is 0 Å². The van der Waals surface area contributed by atoms with Crippen LogP contribution in [0.15, 0.2) is 30.5 Å². The van der Waals surface area contributed by atoms with Crippen molar-refractivity contribution in [3.8, 4) is 5.75 Å². The smallest absolute Gasteiger partial charge is 0.120 e. The van der Waals surface area contributed by atoms with E-state index in [1.807, 2.05) is 6.07 Å². The predicted molar refractivity (Wildman–Crippen MR) is 74.2 cm³/mol. The third kappa shape index (κ3) is 3.05. The summed E-state index contributed by atoms with van der Waals surface area (Å²) >= 11 is 0. The topological polar surface area (TPSA) is 23.4 Å². The Morgan fingerprint density at radius 2 is 2.06 bits per heavy atom. The number of ether oxygens (including phenoxy) is 2. The molecule has 3 heteroatoms. The molecule has 3 nitrogen and oxygen atoms in total. The fraction of sp³-hybridized carbons (Fsp3) is 0.467. The minimum absolute atomic E-state index is 0.778. The van der Waals surface area contributed by atoms with Crippen molar-refractivity contribution in [2.24, 2.45) is 0 Å². The van der Waals surface area contributed by atoms with E-state index in [-0.39, 0.29) is 0 Å². The van der Waals surface area contributed by atoms with Crippen LogP contribution in [0.1, 0.15) is 19.8 Å². The molecule has 1 heterocycles. The molecule has 0 saturated carbocycles. The van der Waals surface area contributed by atoms with Gasteiger partial charge in [-0.3, -0.25) is 0 Å². The summed E-state index contributed by atoms with van der Waals surface area (Å²) in [6.45, 7) is 4.69. The predicted octanol–water partition coefficient (Wildman–Crippen LogP) is 3.47. The molecule has 18 heavy (non-hydrogen) atoms. The molecule has 0 atom stereocenters. The van der Waals surface area contributed by atoms with E-state index in [9.17, 15) is 0 Å². The van der Waals surface area contributed by atoms with Gasteiger partial charge in [0.2, 0.25) is 0 Å². The summed E-state index contributed by atoms with van der Waals surface area (Å²) in [4.78, 5) is 0. The summed E-state index contributed by atoms with van der Waals surface area (Å²) in [5.74, 6) is 0.957. The summed E-state index contributed by atoms with van der Waals surface area (Å²) < 4.78 is 13.0. The van der Waals surface area contributed by atoms with Crippen LogP contribution in [0, 0.1) is 0 Å². The highest BCUT2D eigenvalue weighted by molar-refractivity contribution is 5.81. The molecular formula is C15H21NO2. The van der Waals surface area contributed by atoms with Crippen LogP contribution in [-0.2, 0) is 11.3 Å². The molecule has 1 aromatic heterocycles. The summed E-state index contributed by atoms with van der Waals surface area (Å²) in [7, 11) is 1.74. The first-order valence-corrected chi connectivity index (χ1v) is 6.55. The van der Waals surface area contributed by atoms with Crippen LogP contribution in [0.2, 0.25) is 0 Å². The second-order valence-electron chi connectivity index (χ2n) is 4.42. The van der Waals surface area contributed by atoms with Crippen molar-refractivity contribution in [2.75, 3.05) is 20.3 Å². The number of aryl methyl sites for hydroxylation is 1. The Kier molecular flexibility index (Phi) is 4.65. The Morgan fingerprint density at radius 3 is 2.83 bits per heavy atom. The normalized spacial score (nSPS) is 11.0. The summed E-state index contributed by atoms with van der Waals surface area (Å²) in [6.07, 6.45) is 4.20. The first-order valence-electron chi connectivity index (χ1n) is 6.55. The van der Waals surface area contributed by atoms with E-state index in [1.165, 1.54) is 10.9 Å². The molecule has 0 unspecified atom stereocenters. The van der Waals surface area contributed by atoms with E-state index < -0.39 is 0 Å². The van der Waals surface area contributed by atoms with Crippen LogP contribution in [0.25, 0.3) is 10.9 Å². The van der Waals surface area contributed by atoms with Crippen LogP contribution in [0.3, 0.4) is 0 Å². The average molecular weight is 247 g/mol. The molecule has 0 aliphatic rings. The van der Waals surface area contributed by atoms with Gasteiger partial charge in [-0.1, -0.05) is 6.92 Å². The Labute approximate surface area is 108 Å². The third-order valence-corrected chi connectivity index (χ3v) is 2.96. The van der Waals surface area contributed by atoms with Crippen molar-refractivity contribution in [1.82, 2.24) is 4.57 Å². The van der Waals surface area contributed by atoms with Gasteiger partial charge in [-0.2, -0.15) is 0 Å². The second kappa shape index (κ2) is 6.45. The third-order valence-electron chi connectivity index (χ3n) is 2.96. The number of benzene rings is 1. The maximum Gasteiger partial charge on any atom is 0.120 e. The van der Waals surface area contributed by atoms with Gasteiger partial charge in [-0.05, 0) is 37.1 Å². The van der Waals surface area contributed by atoms with Gasteiger partial charge >= 0.3 is 0 Å². The number of hydrogen-bond donors (Lipinski definition) is 0. The minimum atomic E-state index is 0.778. The van der Waals surface area contributed by atoms with Crippen molar-refractivity contribution in [3.05, 3.63) is 30.5 Å². The Balaban J connectivity index is 2.10. The molecule has 2 aromatic rings. The molecule has 0 spiro atoms. The van der Waals surface area contributed by atoms with Gasteiger partial charge < -0.3 is 14.0 Å². The minimum Gasteiger partial charge on any atom is -0.494 e. The fourth-order valence-corrected chi connectivity index (χ4v) is 2.06. The zero-order valence-electron chi connectivity index (χ0n) is 11.2. The van der Waals surface area contributed by atoms with Gasteiger partial charge in [0.1, 0.15) is 5.75 Å². The van der Waals surface area contributed by atoms with Crippen LogP contribution >= 0.6 is 0 Å². The zero-order valence-corrected chi connectivity index (χ0v) is 11.2. The van der Waals surface area contributed by atoms with Crippen LogP contribution < -0.4 is 4.74 Å². The van der Waals surface area contributed by atoms with Gasteiger partial charge in [0.15, 0.2) is 0 Å². The number of rotatable bonds is 7. The molecule has 0 fully saturated rings. The van der Waals surface area contributed by atoms with Crippen molar-refractivity contribution in [2.45, 2.75) is 26.3 Å². The molecule has 1 aromatic carbocycles. The van der Waals surface area contributed by atoms with Crippen molar-refractivity contribution >= 4 is 10.9 Å². The van der Waals surface area contributed by atoms with E-state index in [1.54, 1.807) is 7.11 Å². The molecule has 2 rings (SSSR count). The molecule has 0 bridgehead atoms. The Hall–Kier alpha value is -1.48. The molecule has 0 amide bonds. The monoisotopic (exact) mass is 247 g/mol. The van der Waals surface area contributed by atoms with E-state index in [4.69, 9.17) is 9.47 Å². The van der Waals surface area contributed by atoms with E-state index in [0.29, 0.717) is 0 Å². The summed E-state index contributed by atoms with van der Waals surface area (Å²) in [6, 6.07) is 8.43. The molecule has 0 aliphatic carbocycles. The van der Waals surface area contributed by atoms with Crippen molar-refractivity contribution < 1.29 is 9.47 Å². The van der Waals surface area contributed by atoms with Gasteiger partial charge in [0, 0.05) is 37.4 Å². The highest BCUT2D eigenvalue weighted by Gasteiger charge is 2.02. The first-order chi connectivity index (χ1) is 8.85. The molecule has 0 radical (unpaired) electrons. The molecule has 0 N–H and O–H groups in total. The lowest BCUT2D eigenvalue weighted by atomic mass is 10.2. The lowest BCUT2D eigenvalue weighted by Crippen LogP contribution is -2.00. The SMILES string of the molecule is CCCOc1ccc2c(ccn2CCCOC)c1. The first kappa shape index (κ1) is 13.0. The maximum atomic E-state index is 5.64. The van der Waals surface area contributed by atoms with Gasteiger partial charge in [0.05, 0.1) is 6.61 Å². The van der Waals surface area contributed by atoms with Crippen LogP contribution in [-0.4, -0.2) is 24.9 Å². The number of nitrogens with zero attached hydrogens (tertiary/aromatic N) is 1. The Bertz CT molecular complexity index is 490. The number of methoxy groups -OCH3 is 1. The highest BCUT2D eigenvalue weighted by Crippen LogP contribution is 2.22. The van der Waals surface area contributed by atoms with E-state index >= 15 is 0 Å². The van der Waals surface area contributed by atoms with Gasteiger partial charge in [0.25, 0.3) is 0 Å². The molecule has 98 valence electrons. The fourth-order valence-electron chi connectivity index (χ4n) is 2.06. The lowest BCUT2D eigenvalue weighted by Gasteiger charge is -2.07. The average Bonchev–Trinajstić information content (AvgIpc) is 2.79. The number of aromatic nitrogens is 1. The number of fused-ring (bicyclic) bond motifs is 1. The van der Waals surface area contributed by atoms with E-state index in [2.05, 4.69) is 35.9 Å². The molecular weight excluding hydrogens is 226 g/mol. The van der Waals surface area contributed by atoms with Crippen molar-refractivity contribution in [3.63, 3.8) is 0 Å². The lowest BCUT2D eigenvalue weighted by molar-refractivity contribution is 0.190. The number of hydrogen-bond acceptors (Lipinski definition) is 2. The standard InChI is InChI=1S/C15H21NO2/c1-3-10-18-14-5-6-15-13(12-14)7-9-16(15)8-4-11-17-2/h5-7,9,12H,3-4,8,10-11H2,1-2H3.